The maximum absolute atomic E-state index is 5.86. The highest BCUT2D eigenvalue weighted by Gasteiger charge is 2.23. The lowest BCUT2D eigenvalue weighted by atomic mass is 10.2. The Morgan fingerprint density at radius 2 is 2.38 bits per heavy atom. The molecular formula is C16H19N5O2S. The van der Waals surface area contributed by atoms with Gasteiger partial charge in [0.2, 0.25) is 11.7 Å². The van der Waals surface area contributed by atoms with Crippen molar-refractivity contribution in [1.82, 2.24) is 24.8 Å². The summed E-state index contributed by atoms with van der Waals surface area (Å²) in [4.78, 5) is 7.81. The summed E-state index contributed by atoms with van der Waals surface area (Å²) >= 11 is 1.61. The maximum Gasteiger partial charge on any atom is 0.241 e. The molecule has 1 aliphatic rings. The fourth-order valence-corrected chi connectivity index (χ4v) is 3.48. The van der Waals surface area contributed by atoms with Gasteiger partial charge < -0.3 is 9.26 Å². The molecule has 0 saturated carbocycles. The third kappa shape index (κ3) is 3.55. The second-order valence-corrected chi connectivity index (χ2v) is 6.90. The summed E-state index contributed by atoms with van der Waals surface area (Å²) in [6.45, 7) is 5.85. The molecule has 8 heteroatoms. The Morgan fingerprint density at radius 3 is 3.17 bits per heavy atom. The average Bonchev–Trinajstić information content (AvgIpc) is 3.29. The number of thiophene rings is 1. The minimum absolute atomic E-state index is 0.123. The average molecular weight is 345 g/mol. The summed E-state index contributed by atoms with van der Waals surface area (Å²) in [7, 11) is 0. The monoisotopic (exact) mass is 345 g/mol. The summed E-state index contributed by atoms with van der Waals surface area (Å²) in [5, 5.41) is 10.4. The molecule has 0 aromatic carbocycles. The molecule has 1 fully saturated rings. The summed E-state index contributed by atoms with van der Waals surface area (Å²) in [5.74, 6) is 1.31. The highest BCUT2D eigenvalue weighted by atomic mass is 32.1. The van der Waals surface area contributed by atoms with Gasteiger partial charge in [0.05, 0.1) is 36.9 Å². The summed E-state index contributed by atoms with van der Waals surface area (Å²) in [6, 6.07) is 3.98. The van der Waals surface area contributed by atoms with E-state index in [2.05, 4.69) is 20.1 Å². The van der Waals surface area contributed by atoms with Crippen LogP contribution in [0.4, 0.5) is 0 Å². The number of nitrogens with zero attached hydrogens (tertiary/aromatic N) is 5. The van der Waals surface area contributed by atoms with Gasteiger partial charge in [-0.2, -0.15) is 10.1 Å². The second kappa shape index (κ2) is 6.84. The number of aromatic nitrogens is 4. The third-order valence-corrected chi connectivity index (χ3v) is 4.81. The van der Waals surface area contributed by atoms with Crippen molar-refractivity contribution >= 4 is 11.3 Å². The van der Waals surface area contributed by atoms with E-state index in [-0.39, 0.29) is 6.10 Å². The van der Waals surface area contributed by atoms with Gasteiger partial charge >= 0.3 is 0 Å². The Bertz CT molecular complexity index is 782. The van der Waals surface area contributed by atoms with E-state index in [9.17, 15) is 0 Å². The van der Waals surface area contributed by atoms with Crippen LogP contribution in [0.25, 0.3) is 10.7 Å². The quantitative estimate of drug-likeness (QED) is 0.706. The van der Waals surface area contributed by atoms with Crippen LogP contribution in [0, 0.1) is 6.92 Å². The first kappa shape index (κ1) is 15.5. The SMILES string of the molecule is Cc1cnn(CC2CN(Cc3nc(-c4cccs4)no3)CCO2)c1. The van der Waals surface area contributed by atoms with E-state index in [4.69, 9.17) is 9.26 Å². The van der Waals surface area contributed by atoms with Crippen molar-refractivity contribution in [2.24, 2.45) is 0 Å². The number of rotatable bonds is 5. The Hall–Kier alpha value is -2.03. The molecular weight excluding hydrogens is 326 g/mol. The second-order valence-electron chi connectivity index (χ2n) is 5.96. The number of hydrogen-bond donors (Lipinski definition) is 0. The summed E-state index contributed by atoms with van der Waals surface area (Å²) in [5.41, 5.74) is 1.16. The number of morpholine rings is 1. The van der Waals surface area contributed by atoms with Crippen molar-refractivity contribution in [3.63, 3.8) is 0 Å². The molecule has 0 spiro atoms. The van der Waals surface area contributed by atoms with Crippen molar-refractivity contribution in [2.75, 3.05) is 19.7 Å². The van der Waals surface area contributed by atoms with E-state index in [0.717, 1.165) is 30.1 Å². The van der Waals surface area contributed by atoms with Crippen molar-refractivity contribution in [2.45, 2.75) is 26.1 Å². The Kier molecular flexibility index (Phi) is 4.42. The van der Waals surface area contributed by atoms with Gasteiger partial charge in [0, 0.05) is 19.3 Å². The zero-order valence-corrected chi connectivity index (χ0v) is 14.3. The lowest BCUT2D eigenvalue weighted by Crippen LogP contribution is -2.43. The van der Waals surface area contributed by atoms with E-state index >= 15 is 0 Å². The molecule has 0 bridgehead atoms. The lowest BCUT2D eigenvalue weighted by Gasteiger charge is -2.31. The lowest BCUT2D eigenvalue weighted by molar-refractivity contribution is -0.0426. The van der Waals surface area contributed by atoms with Crippen molar-refractivity contribution < 1.29 is 9.26 Å². The van der Waals surface area contributed by atoms with Gasteiger partial charge in [0.15, 0.2) is 0 Å². The van der Waals surface area contributed by atoms with Crippen molar-refractivity contribution in [3.05, 3.63) is 41.4 Å². The normalized spacial score (nSPS) is 19.0. The minimum atomic E-state index is 0.123. The highest BCUT2D eigenvalue weighted by Crippen LogP contribution is 2.22. The summed E-state index contributed by atoms with van der Waals surface area (Å²) < 4.78 is 13.2. The van der Waals surface area contributed by atoms with E-state index in [0.29, 0.717) is 24.9 Å². The van der Waals surface area contributed by atoms with E-state index < -0.39 is 0 Å². The van der Waals surface area contributed by atoms with E-state index in [1.807, 2.05) is 41.5 Å². The molecule has 3 aromatic heterocycles. The van der Waals surface area contributed by atoms with Crippen LogP contribution in [0.3, 0.4) is 0 Å². The topological polar surface area (TPSA) is 69.2 Å². The van der Waals surface area contributed by atoms with Crippen molar-refractivity contribution in [1.29, 1.82) is 0 Å². The van der Waals surface area contributed by atoms with Crippen LogP contribution in [-0.4, -0.2) is 50.6 Å². The maximum atomic E-state index is 5.86. The molecule has 7 nitrogen and oxygen atoms in total. The van der Waals surface area contributed by atoms with Crippen LogP contribution in [0.1, 0.15) is 11.5 Å². The predicted octanol–water partition coefficient (Wildman–Crippen LogP) is 2.20. The molecule has 1 atom stereocenters. The smallest absolute Gasteiger partial charge is 0.241 e. The molecule has 0 amide bonds. The molecule has 4 heterocycles. The van der Waals surface area contributed by atoms with E-state index in [1.54, 1.807) is 11.3 Å². The molecule has 24 heavy (non-hydrogen) atoms. The van der Waals surface area contributed by atoms with Crippen LogP contribution >= 0.6 is 11.3 Å². The van der Waals surface area contributed by atoms with Gasteiger partial charge in [-0.3, -0.25) is 9.58 Å². The molecule has 0 radical (unpaired) electrons. The fourth-order valence-electron chi connectivity index (χ4n) is 2.83. The standard InChI is InChI=1S/C16H19N5O2S/c1-12-7-17-21(8-12)10-13-9-20(4-5-22-13)11-15-18-16(19-23-15)14-3-2-6-24-14/h2-3,6-8,13H,4-5,9-11H2,1H3. The van der Waals surface area contributed by atoms with Gasteiger partial charge in [-0.15, -0.1) is 11.3 Å². The van der Waals surface area contributed by atoms with Crippen molar-refractivity contribution in [3.8, 4) is 10.7 Å². The van der Waals surface area contributed by atoms with Gasteiger partial charge in [-0.05, 0) is 23.9 Å². The summed E-state index contributed by atoms with van der Waals surface area (Å²) in [6.07, 6.45) is 4.02. The van der Waals surface area contributed by atoms with Crippen LogP contribution in [0.5, 0.6) is 0 Å². The third-order valence-electron chi connectivity index (χ3n) is 3.94. The Morgan fingerprint density at radius 1 is 1.42 bits per heavy atom. The zero-order valence-electron chi connectivity index (χ0n) is 13.5. The van der Waals surface area contributed by atoms with Crippen LogP contribution in [0.15, 0.2) is 34.4 Å². The number of hydrogen-bond acceptors (Lipinski definition) is 7. The molecule has 0 aliphatic carbocycles. The molecule has 4 rings (SSSR count). The minimum Gasteiger partial charge on any atom is -0.374 e. The molecule has 1 unspecified atom stereocenters. The Labute approximate surface area is 143 Å². The first-order valence-electron chi connectivity index (χ1n) is 7.96. The molecule has 3 aromatic rings. The van der Waals surface area contributed by atoms with Gasteiger partial charge in [-0.1, -0.05) is 11.2 Å². The Balaban J connectivity index is 1.36. The zero-order chi connectivity index (χ0) is 16.4. The van der Waals surface area contributed by atoms with Crippen LogP contribution < -0.4 is 0 Å². The van der Waals surface area contributed by atoms with Gasteiger partial charge in [0.1, 0.15) is 0 Å². The fraction of sp³-hybridized carbons (Fsp3) is 0.438. The van der Waals surface area contributed by atoms with Gasteiger partial charge in [-0.25, -0.2) is 0 Å². The number of aryl methyl sites for hydroxylation is 1. The van der Waals surface area contributed by atoms with Gasteiger partial charge in [0.25, 0.3) is 0 Å². The predicted molar refractivity (Wildman–Crippen MR) is 89.6 cm³/mol. The molecule has 126 valence electrons. The van der Waals surface area contributed by atoms with Crippen LogP contribution in [0.2, 0.25) is 0 Å². The first-order valence-corrected chi connectivity index (χ1v) is 8.84. The molecule has 0 N–H and O–H groups in total. The largest absolute Gasteiger partial charge is 0.374 e. The molecule has 1 saturated heterocycles. The molecule has 1 aliphatic heterocycles. The van der Waals surface area contributed by atoms with Crippen LogP contribution in [-0.2, 0) is 17.8 Å². The highest BCUT2D eigenvalue weighted by molar-refractivity contribution is 7.13. The van der Waals surface area contributed by atoms with E-state index in [1.165, 1.54) is 0 Å². The number of ether oxygens (including phenoxy) is 1. The first-order chi connectivity index (χ1) is 11.8.